The van der Waals surface area contributed by atoms with Crippen LogP contribution in [0, 0.1) is 10.1 Å². The Bertz CT molecular complexity index is 1970. The quantitative estimate of drug-likeness (QED) is 0.120. The summed E-state index contributed by atoms with van der Waals surface area (Å²) in [5.41, 5.74) is 1.91. The van der Waals surface area contributed by atoms with Crippen molar-refractivity contribution in [3.63, 3.8) is 0 Å². The predicted octanol–water partition coefficient (Wildman–Crippen LogP) is 6.35. The molecule has 0 saturated carbocycles. The number of nitro groups is 1. The molecule has 1 atom stereocenters. The van der Waals surface area contributed by atoms with Gasteiger partial charge in [0.05, 0.1) is 48.4 Å². The van der Waals surface area contributed by atoms with Gasteiger partial charge in [-0.15, -0.1) is 0 Å². The average molecular weight is 703 g/mol. The van der Waals surface area contributed by atoms with Crippen LogP contribution < -0.4 is 19.6 Å². The molecule has 3 aromatic carbocycles. The first kappa shape index (κ1) is 30.7. The summed E-state index contributed by atoms with van der Waals surface area (Å²) >= 11 is 16.6. The van der Waals surface area contributed by atoms with Crippen molar-refractivity contribution < 1.29 is 19.2 Å². The first-order valence-electron chi connectivity index (χ1n) is 12.9. The maximum Gasteiger partial charge on any atom is 0.338 e. The fourth-order valence-electron chi connectivity index (χ4n) is 4.71. The molecule has 220 valence electrons. The van der Waals surface area contributed by atoms with Gasteiger partial charge in [-0.05, 0) is 63.3 Å². The Kier molecular flexibility index (Phi) is 9.16. The van der Waals surface area contributed by atoms with Crippen molar-refractivity contribution in [2.45, 2.75) is 26.0 Å². The van der Waals surface area contributed by atoms with Crippen LogP contribution in [0.2, 0.25) is 10.0 Å². The topological polar surface area (TPSA) is 113 Å². The molecule has 1 aliphatic rings. The van der Waals surface area contributed by atoms with Gasteiger partial charge in [-0.1, -0.05) is 77.9 Å². The van der Waals surface area contributed by atoms with Gasteiger partial charge < -0.3 is 9.47 Å². The van der Waals surface area contributed by atoms with E-state index in [1.165, 1.54) is 17.7 Å². The SMILES string of the molecule is CCC1=C(C(=O)OC)[C@@H](c2ccccc2)n2c(s/c(=C/c3cc(Br)c(OCc4ccc(Cl)c(Cl)c4)c([N+](=O)[O-])c3)c2=O)=N1. The van der Waals surface area contributed by atoms with Gasteiger partial charge in [0, 0.05) is 6.07 Å². The van der Waals surface area contributed by atoms with E-state index >= 15 is 0 Å². The van der Waals surface area contributed by atoms with Gasteiger partial charge in [0.25, 0.3) is 5.56 Å². The van der Waals surface area contributed by atoms with Crippen molar-refractivity contribution in [2.75, 3.05) is 7.11 Å². The smallest absolute Gasteiger partial charge is 0.338 e. The van der Waals surface area contributed by atoms with E-state index in [9.17, 15) is 19.7 Å². The van der Waals surface area contributed by atoms with Crippen LogP contribution in [0.25, 0.3) is 6.08 Å². The number of rotatable bonds is 8. The molecular formula is C30H22BrCl2N3O6S. The second-order valence-electron chi connectivity index (χ2n) is 9.34. The average Bonchev–Trinajstić information content (AvgIpc) is 3.31. The van der Waals surface area contributed by atoms with E-state index in [2.05, 4.69) is 20.9 Å². The van der Waals surface area contributed by atoms with Gasteiger partial charge in [-0.3, -0.25) is 19.5 Å². The number of allylic oxidation sites excluding steroid dienone is 1. The fraction of sp³-hybridized carbons (Fsp3) is 0.167. The highest BCUT2D eigenvalue weighted by Gasteiger charge is 2.33. The Morgan fingerprint density at radius 2 is 1.91 bits per heavy atom. The first-order valence-corrected chi connectivity index (χ1v) is 15.2. The number of nitrogens with zero attached hydrogens (tertiary/aromatic N) is 3. The van der Waals surface area contributed by atoms with E-state index in [0.29, 0.717) is 42.6 Å². The molecule has 4 aromatic rings. The lowest BCUT2D eigenvalue weighted by molar-refractivity contribution is -0.386. The van der Waals surface area contributed by atoms with Crippen LogP contribution in [-0.2, 0) is 16.1 Å². The lowest BCUT2D eigenvalue weighted by Crippen LogP contribution is -2.40. The summed E-state index contributed by atoms with van der Waals surface area (Å²) in [5, 5.41) is 12.8. The molecule has 1 aromatic heterocycles. The minimum atomic E-state index is -0.750. The van der Waals surface area contributed by atoms with E-state index in [0.717, 1.165) is 16.9 Å². The van der Waals surface area contributed by atoms with Crippen LogP contribution in [0.1, 0.15) is 36.1 Å². The molecule has 0 N–H and O–H groups in total. The molecule has 5 rings (SSSR count). The molecule has 13 heteroatoms. The number of methoxy groups -OCH3 is 1. The minimum Gasteiger partial charge on any atom is -0.481 e. The Labute approximate surface area is 267 Å². The molecule has 0 spiro atoms. The standard InChI is InChI=1S/C30H22BrCl2N3O6S/c1-3-22-25(29(38)41-2)26(18-7-5-4-6-8-18)35-28(37)24(43-30(35)34-22)14-17-11-19(31)27(23(13-17)36(39)40)42-15-16-9-10-20(32)21(33)12-16/h4-14,26H,3,15H2,1-2H3/b24-14+/t26-/m1/s1. The van der Waals surface area contributed by atoms with Crippen molar-refractivity contribution in [1.82, 2.24) is 4.57 Å². The maximum absolute atomic E-state index is 13.9. The molecule has 0 amide bonds. The zero-order chi connectivity index (χ0) is 30.8. The molecule has 43 heavy (non-hydrogen) atoms. The Balaban J connectivity index is 1.60. The normalized spacial score (nSPS) is 14.7. The third kappa shape index (κ3) is 6.16. The number of carbonyl (C=O) groups excluding carboxylic acids is 1. The van der Waals surface area contributed by atoms with Crippen LogP contribution in [0.15, 0.2) is 86.2 Å². The van der Waals surface area contributed by atoms with E-state index < -0.39 is 22.5 Å². The maximum atomic E-state index is 13.9. The number of hydrogen-bond acceptors (Lipinski definition) is 8. The van der Waals surface area contributed by atoms with E-state index in [4.69, 9.17) is 32.7 Å². The summed E-state index contributed by atoms with van der Waals surface area (Å²) in [7, 11) is 1.29. The highest BCUT2D eigenvalue weighted by Crippen LogP contribution is 2.38. The number of ether oxygens (including phenoxy) is 2. The van der Waals surface area contributed by atoms with Gasteiger partial charge in [0.15, 0.2) is 4.80 Å². The molecule has 2 heterocycles. The first-order chi connectivity index (χ1) is 20.6. The van der Waals surface area contributed by atoms with Crippen molar-refractivity contribution in [3.8, 4) is 5.75 Å². The van der Waals surface area contributed by atoms with Crippen LogP contribution in [0.5, 0.6) is 5.75 Å². The predicted molar refractivity (Wildman–Crippen MR) is 168 cm³/mol. The second-order valence-corrected chi connectivity index (χ2v) is 12.0. The number of benzene rings is 3. The number of hydrogen-bond donors (Lipinski definition) is 0. The summed E-state index contributed by atoms with van der Waals surface area (Å²) in [5.74, 6) is -0.547. The molecular weight excluding hydrogens is 681 g/mol. The third-order valence-electron chi connectivity index (χ3n) is 6.67. The van der Waals surface area contributed by atoms with Crippen LogP contribution in [0.4, 0.5) is 5.69 Å². The number of thiazole rings is 1. The van der Waals surface area contributed by atoms with Crippen molar-refractivity contribution >= 4 is 68.2 Å². The molecule has 0 bridgehead atoms. The Hall–Kier alpha value is -3.77. The summed E-state index contributed by atoms with van der Waals surface area (Å²) < 4.78 is 13.0. The van der Waals surface area contributed by atoms with Crippen LogP contribution in [-0.4, -0.2) is 22.6 Å². The molecule has 1 aliphatic heterocycles. The summed E-state index contributed by atoms with van der Waals surface area (Å²) in [6.45, 7) is 1.89. The highest BCUT2D eigenvalue weighted by molar-refractivity contribution is 9.10. The Morgan fingerprint density at radius 3 is 2.56 bits per heavy atom. The zero-order valence-corrected chi connectivity index (χ0v) is 26.6. The van der Waals surface area contributed by atoms with Crippen LogP contribution >= 0.6 is 50.5 Å². The van der Waals surface area contributed by atoms with Crippen molar-refractivity contribution in [2.24, 2.45) is 4.99 Å². The third-order valence-corrected chi connectivity index (χ3v) is 8.98. The monoisotopic (exact) mass is 701 g/mol. The number of nitro benzene ring substituents is 1. The molecule has 0 fully saturated rings. The highest BCUT2D eigenvalue weighted by atomic mass is 79.9. The molecule has 9 nitrogen and oxygen atoms in total. The number of halogens is 3. The summed E-state index contributed by atoms with van der Waals surface area (Å²) in [4.78, 5) is 43.3. The summed E-state index contributed by atoms with van der Waals surface area (Å²) in [6, 6.07) is 16.3. The van der Waals surface area contributed by atoms with Crippen molar-refractivity contribution in [3.05, 3.63) is 133 Å². The number of carbonyl (C=O) groups is 1. The van der Waals surface area contributed by atoms with E-state index in [1.807, 2.05) is 37.3 Å². The second kappa shape index (κ2) is 12.8. The van der Waals surface area contributed by atoms with Crippen LogP contribution in [0.3, 0.4) is 0 Å². The number of esters is 1. The minimum absolute atomic E-state index is 0.00997. The fourth-order valence-corrected chi connectivity index (χ4v) is 6.63. The molecule has 0 aliphatic carbocycles. The van der Waals surface area contributed by atoms with Gasteiger partial charge in [-0.25, -0.2) is 9.79 Å². The molecule has 0 saturated heterocycles. The largest absolute Gasteiger partial charge is 0.481 e. The molecule has 0 unspecified atom stereocenters. The van der Waals surface area contributed by atoms with Gasteiger partial charge in [0.2, 0.25) is 5.75 Å². The van der Waals surface area contributed by atoms with E-state index in [-0.39, 0.29) is 28.1 Å². The zero-order valence-electron chi connectivity index (χ0n) is 22.7. The summed E-state index contributed by atoms with van der Waals surface area (Å²) in [6.07, 6.45) is 2.00. The van der Waals surface area contributed by atoms with Gasteiger partial charge >= 0.3 is 11.7 Å². The lowest BCUT2D eigenvalue weighted by atomic mass is 9.95. The van der Waals surface area contributed by atoms with Gasteiger partial charge in [-0.2, -0.15) is 0 Å². The number of fused-ring (bicyclic) bond motifs is 1. The number of aromatic nitrogens is 1. The van der Waals surface area contributed by atoms with Gasteiger partial charge in [0.1, 0.15) is 6.61 Å². The van der Waals surface area contributed by atoms with Crippen molar-refractivity contribution in [1.29, 1.82) is 0 Å². The Morgan fingerprint density at radius 1 is 1.16 bits per heavy atom. The lowest BCUT2D eigenvalue weighted by Gasteiger charge is -2.25. The van der Waals surface area contributed by atoms with E-state index in [1.54, 1.807) is 30.3 Å². The molecule has 0 radical (unpaired) electrons.